The summed E-state index contributed by atoms with van der Waals surface area (Å²) in [5.74, 6) is 0.608. The number of aromatic nitrogens is 6. The fourth-order valence-corrected chi connectivity index (χ4v) is 3.33. The Labute approximate surface area is 177 Å². The molecule has 0 aliphatic carbocycles. The predicted molar refractivity (Wildman–Crippen MR) is 116 cm³/mol. The van der Waals surface area contributed by atoms with Gasteiger partial charge in [0.05, 0.1) is 23.9 Å². The molecular weight excluding hydrogens is 395 g/mol. The van der Waals surface area contributed by atoms with Gasteiger partial charge in [-0.2, -0.15) is 5.26 Å². The van der Waals surface area contributed by atoms with Crippen molar-refractivity contribution in [3.8, 4) is 11.8 Å². The Hall–Kier alpha value is -4.32. The Morgan fingerprint density at radius 3 is 2.68 bits per heavy atom. The van der Waals surface area contributed by atoms with Gasteiger partial charge in [-0.15, -0.1) is 0 Å². The third-order valence-corrected chi connectivity index (χ3v) is 4.60. The molecule has 154 valence electrons. The number of H-pyrrole nitrogens is 1. The van der Waals surface area contributed by atoms with Crippen LogP contribution in [0, 0.1) is 17.1 Å². The summed E-state index contributed by atoms with van der Waals surface area (Å²) in [5.41, 5.74) is 2.95. The largest absolute Gasteiger partial charge is 0.361 e. The quantitative estimate of drug-likeness (QED) is 0.453. The average Bonchev–Trinajstić information content (AvgIpc) is 3.44. The molecule has 2 aromatic carbocycles. The van der Waals surface area contributed by atoms with E-state index in [9.17, 15) is 9.65 Å². The molecule has 0 spiro atoms. The zero-order valence-corrected chi connectivity index (χ0v) is 17.0. The van der Waals surface area contributed by atoms with E-state index in [0.717, 1.165) is 5.69 Å². The fraction of sp³-hybridized carbons (Fsp3) is 0.136. The van der Waals surface area contributed by atoms with Crippen LogP contribution >= 0.6 is 0 Å². The lowest BCUT2D eigenvalue weighted by Crippen LogP contribution is -2.09. The first-order chi connectivity index (χ1) is 15.3. The van der Waals surface area contributed by atoms with Crippen LogP contribution in [0.2, 0.25) is 0 Å². The molecule has 0 amide bonds. The molecule has 0 atom stereocenters. The molecule has 0 fully saturated rings. The number of halogens is 1. The Bertz CT molecular complexity index is 1380. The van der Waals surface area contributed by atoms with Crippen LogP contribution in [0.4, 0.5) is 10.2 Å². The summed E-state index contributed by atoms with van der Waals surface area (Å²) >= 11 is 0. The van der Waals surface area contributed by atoms with Gasteiger partial charge < -0.3 is 10.3 Å². The first-order valence-corrected chi connectivity index (χ1v) is 9.79. The molecular formula is C22H19FN8. The van der Waals surface area contributed by atoms with Crippen molar-refractivity contribution in [3.63, 3.8) is 0 Å². The zero-order chi connectivity index (χ0) is 21.8. The SMILES string of the molecule is CC.N#Cc1c(F)ccc2nc(CNc3ncnc4nc[nH]c34)n(-c3ccccc3)c12. The zero-order valence-electron chi connectivity index (χ0n) is 17.0. The molecule has 3 aromatic heterocycles. The van der Waals surface area contributed by atoms with Crippen LogP contribution in [0.15, 0.2) is 55.1 Å². The number of para-hydroxylation sites is 1. The van der Waals surface area contributed by atoms with E-state index in [-0.39, 0.29) is 5.56 Å². The van der Waals surface area contributed by atoms with E-state index in [1.165, 1.54) is 12.4 Å². The van der Waals surface area contributed by atoms with Crippen LogP contribution < -0.4 is 5.32 Å². The molecule has 0 saturated carbocycles. The molecule has 5 rings (SSSR count). The number of imidazole rings is 2. The molecule has 0 unspecified atom stereocenters. The summed E-state index contributed by atoms with van der Waals surface area (Å²) in [7, 11) is 0. The van der Waals surface area contributed by atoms with Crippen molar-refractivity contribution >= 4 is 28.0 Å². The lowest BCUT2D eigenvalue weighted by Gasteiger charge is -2.11. The van der Waals surface area contributed by atoms with Crippen molar-refractivity contribution in [2.75, 3.05) is 5.32 Å². The number of rotatable bonds is 4. The minimum atomic E-state index is -0.577. The molecule has 9 heteroatoms. The summed E-state index contributed by atoms with van der Waals surface area (Å²) in [6, 6.07) is 14.2. The number of hydrogen-bond donors (Lipinski definition) is 2. The number of fused-ring (bicyclic) bond motifs is 2. The molecule has 31 heavy (non-hydrogen) atoms. The van der Waals surface area contributed by atoms with E-state index >= 15 is 0 Å². The van der Waals surface area contributed by atoms with Gasteiger partial charge in [0.1, 0.15) is 35.1 Å². The van der Waals surface area contributed by atoms with E-state index in [4.69, 9.17) is 0 Å². The minimum Gasteiger partial charge on any atom is -0.361 e. The first kappa shape index (κ1) is 20.0. The Kier molecular flexibility index (Phi) is 5.53. The van der Waals surface area contributed by atoms with E-state index < -0.39 is 5.82 Å². The van der Waals surface area contributed by atoms with E-state index in [1.807, 2.05) is 50.2 Å². The minimum absolute atomic E-state index is 0.0388. The van der Waals surface area contributed by atoms with Crippen LogP contribution in [0.1, 0.15) is 25.2 Å². The highest BCUT2D eigenvalue weighted by atomic mass is 19.1. The van der Waals surface area contributed by atoms with Gasteiger partial charge in [0, 0.05) is 5.69 Å². The van der Waals surface area contributed by atoms with Gasteiger partial charge in [-0.3, -0.25) is 4.57 Å². The van der Waals surface area contributed by atoms with Gasteiger partial charge in [-0.05, 0) is 24.3 Å². The van der Waals surface area contributed by atoms with E-state index in [0.29, 0.717) is 40.4 Å². The summed E-state index contributed by atoms with van der Waals surface area (Å²) in [5, 5.41) is 12.8. The maximum atomic E-state index is 14.3. The third-order valence-electron chi connectivity index (χ3n) is 4.60. The maximum Gasteiger partial charge on any atom is 0.182 e. The van der Waals surface area contributed by atoms with Crippen LogP contribution in [-0.2, 0) is 6.54 Å². The first-order valence-electron chi connectivity index (χ1n) is 9.79. The molecule has 0 aliphatic heterocycles. The highest BCUT2D eigenvalue weighted by Crippen LogP contribution is 2.27. The Balaban J connectivity index is 0.00000112. The van der Waals surface area contributed by atoms with Crippen molar-refractivity contribution in [2.24, 2.45) is 0 Å². The summed E-state index contributed by atoms with van der Waals surface area (Å²) in [6.07, 6.45) is 2.97. The van der Waals surface area contributed by atoms with Crippen LogP contribution in [0.25, 0.3) is 27.9 Å². The van der Waals surface area contributed by atoms with Crippen LogP contribution in [0.5, 0.6) is 0 Å². The second-order valence-electron chi connectivity index (χ2n) is 6.28. The standard InChI is InChI=1S/C20H13FN8.C2H6/c21-14-6-7-15-18(13(14)8-22)29(12-4-2-1-3-5-12)16(28-15)9-23-19-17-20(25-10-24-17)27-11-26-19;1-2/h1-7,10-11H,9H2,(H2,23,24,25,26,27);1-2H3. The van der Waals surface area contributed by atoms with E-state index in [1.54, 1.807) is 17.0 Å². The summed E-state index contributed by atoms with van der Waals surface area (Å²) < 4.78 is 16.1. The highest BCUT2D eigenvalue weighted by molar-refractivity contribution is 5.85. The molecule has 0 bridgehead atoms. The summed E-state index contributed by atoms with van der Waals surface area (Å²) in [6.45, 7) is 4.29. The van der Waals surface area contributed by atoms with Crippen molar-refractivity contribution in [2.45, 2.75) is 20.4 Å². The fourth-order valence-electron chi connectivity index (χ4n) is 3.33. The van der Waals surface area contributed by atoms with Crippen molar-refractivity contribution in [1.82, 2.24) is 29.5 Å². The smallest absolute Gasteiger partial charge is 0.182 e. The van der Waals surface area contributed by atoms with Crippen LogP contribution in [0.3, 0.4) is 0 Å². The lowest BCUT2D eigenvalue weighted by molar-refractivity contribution is 0.625. The maximum absolute atomic E-state index is 14.3. The number of aromatic amines is 1. The van der Waals surface area contributed by atoms with E-state index in [2.05, 4.69) is 30.2 Å². The Morgan fingerprint density at radius 2 is 1.90 bits per heavy atom. The van der Waals surface area contributed by atoms with Gasteiger partial charge in [0.25, 0.3) is 0 Å². The molecule has 8 nitrogen and oxygen atoms in total. The number of nitriles is 1. The van der Waals surface area contributed by atoms with Gasteiger partial charge in [0.15, 0.2) is 11.5 Å². The van der Waals surface area contributed by atoms with Crippen molar-refractivity contribution in [3.05, 3.63) is 72.3 Å². The van der Waals surface area contributed by atoms with Crippen LogP contribution in [-0.4, -0.2) is 29.5 Å². The number of nitrogens with one attached hydrogen (secondary N) is 2. The number of nitrogens with zero attached hydrogens (tertiary/aromatic N) is 6. The second kappa shape index (κ2) is 8.59. The molecule has 2 N–H and O–H groups in total. The molecule has 0 aliphatic rings. The predicted octanol–water partition coefficient (Wildman–Crippen LogP) is 4.34. The molecule has 0 radical (unpaired) electrons. The normalized spacial score (nSPS) is 10.5. The van der Waals surface area contributed by atoms with Gasteiger partial charge >= 0.3 is 0 Å². The van der Waals surface area contributed by atoms with Gasteiger partial charge in [-0.1, -0.05) is 32.0 Å². The van der Waals surface area contributed by atoms with Crippen molar-refractivity contribution < 1.29 is 4.39 Å². The van der Waals surface area contributed by atoms with Crippen molar-refractivity contribution in [1.29, 1.82) is 5.26 Å². The monoisotopic (exact) mass is 414 g/mol. The molecule has 5 aromatic rings. The summed E-state index contributed by atoms with van der Waals surface area (Å²) in [4.78, 5) is 20.1. The number of anilines is 1. The highest BCUT2D eigenvalue weighted by Gasteiger charge is 2.19. The average molecular weight is 414 g/mol. The third kappa shape index (κ3) is 3.55. The number of benzene rings is 2. The molecule has 0 saturated heterocycles. The van der Waals surface area contributed by atoms with Gasteiger partial charge in [-0.25, -0.2) is 24.3 Å². The second-order valence-corrected chi connectivity index (χ2v) is 6.28. The topological polar surface area (TPSA) is 108 Å². The van der Waals surface area contributed by atoms with Gasteiger partial charge in [0.2, 0.25) is 0 Å². The number of hydrogen-bond acceptors (Lipinski definition) is 6. The molecule has 3 heterocycles. The lowest BCUT2D eigenvalue weighted by atomic mass is 10.2. The Morgan fingerprint density at radius 1 is 1.10 bits per heavy atom.